The van der Waals surface area contributed by atoms with E-state index in [0.29, 0.717) is 17.5 Å². The van der Waals surface area contributed by atoms with Crippen molar-refractivity contribution in [2.75, 3.05) is 27.9 Å². The number of nitrogens with one attached hydrogen (secondary N) is 1. The van der Waals surface area contributed by atoms with Crippen LogP contribution in [0.1, 0.15) is 32.3 Å². The molecule has 0 unspecified atom stereocenters. The molecule has 0 saturated carbocycles. The first-order valence-electron chi connectivity index (χ1n) is 11.0. The van der Waals surface area contributed by atoms with E-state index in [0.717, 1.165) is 59.5 Å². The monoisotopic (exact) mass is 436 g/mol. The first-order valence-corrected chi connectivity index (χ1v) is 11.0. The van der Waals surface area contributed by atoms with Crippen molar-refractivity contribution < 1.29 is 18.9 Å². The van der Waals surface area contributed by atoms with Gasteiger partial charge in [-0.3, -0.25) is 0 Å². The van der Waals surface area contributed by atoms with Gasteiger partial charge in [0.2, 0.25) is 0 Å². The van der Waals surface area contributed by atoms with Crippen LogP contribution in [0.4, 0.5) is 0 Å². The lowest BCUT2D eigenvalue weighted by Crippen LogP contribution is -2.43. The minimum Gasteiger partial charge on any atom is -0.497 e. The Kier molecular flexibility index (Phi) is 6.53. The summed E-state index contributed by atoms with van der Waals surface area (Å²) in [5.41, 5.74) is 3.84. The Labute approximate surface area is 189 Å². The summed E-state index contributed by atoms with van der Waals surface area (Å²) >= 11 is 0. The van der Waals surface area contributed by atoms with Gasteiger partial charge in [0, 0.05) is 36.2 Å². The molecule has 170 valence electrons. The van der Waals surface area contributed by atoms with E-state index in [2.05, 4.69) is 31.3 Å². The van der Waals surface area contributed by atoms with Gasteiger partial charge in [0.1, 0.15) is 5.75 Å². The van der Waals surface area contributed by atoms with Crippen LogP contribution in [0.15, 0.2) is 42.5 Å². The normalized spacial score (nSPS) is 17.8. The molecule has 1 aromatic heterocycles. The Hall–Kier alpha value is -2.83. The Morgan fingerprint density at radius 1 is 1.00 bits per heavy atom. The number of hydrogen-bond donors (Lipinski definition) is 1. The molecular formula is C26H32N2O4. The summed E-state index contributed by atoms with van der Waals surface area (Å²) in [5, 5.41) is 4.82. The molecule has 0 radical (unpaired) electrons. The first kappa shape index (κ1) is 22.4. The summed E-state index contributed by atoms with van der Waals surface area (Å²) < 4.78 is 22.2. The van der Waals surface area contributed by atoms with Gasteiger partial charge in [-0.15, -0.1) is 0 Å². The van der Waals surface area contributed by atoms with Crippen LogP contribution in [-0.2, 0) is 11.3 Å². The smallest absolute Gasteiger partial charge is 0.161 e. The quantitative estimate of drug-likeness (QED) is 0.564. The van der Waals surface area contributed by atoms with E-state index in [-0.39, 0.29) is 5.60 Å². The summed E-state index contributed by atoms with van der Waals surface area (Å²) in [7, 11) is 4.96. The third-order valence-corrected chi connectivity index (χ3v) is 6.04. The molecule has 3 aromatic rings. The number of rotatable bonds is 7. The number of pyridine rings is 1. The van der Waals surface area contributed by atoms with Crippen LogP contribution < -0.4 is 19.5 Å². The molecule has 6 heteroatoms. The van der Waals surface area contributed by atoms with Gasteiger partial charge in [0.25, 0.3) is 0 Å². The van der Waals surface area contributed by atoms with Gasteiger partial charge in [0.05, 0.1) is 38.1 Å². The van der Waals surface area contributed by atoms with Crippen molar-refractivity contribution in [3.63, 3.8) is 0 Å². The van der Waals surface area contributed by atoms with Gasteiger partial charge in [-0.05, 0) is 68.7 Å². The van der Waals surface area contributed by atoms with Crippen LogP contribution in [0.3, 0.4) is 0 Å². The zero-order valence-electron chi connectivity index (χ0n) is 19.5. The molecule has 0 bridgehead atoms. The Morgan fingerprint density at radius 2 is 1.81 bits per heavy atom. The summed E-state index contributed by atoms with van der Waals surface area (Å²) in [6.07, 6.45) is 1.99. The molecule has 6 nitrogen and oxygen atoms in total. The van der Waals surface area contributed by atoms with E-state index in [1.165, 1.54) is 0 Å². The number of nitrogens with zero attached hydrogens (tertiary/aromatic N) is 1. The van der Waals surface area contributed by atoms with Crippen LogP contribution in [-0.4, -0.2) is 44.6 Å². The number of methoxy groups -OCH3 is 3. The molecule has 1 aliphatic rings. The van der Waals surface area contributed by atoms with E-state index >= 15 is 0 Å². The number of ether oxygens (including phenoxy) is 4. The third kappa shape index (κ3) is 4.81. The molecule has 2 aromatic carbocycles. The highest BCUT2D eigenvalue weighted by molar-refractivity contribution is 5.85. The molecule has 1 fully saturated rings. The zero-order chi connectivity index (χ0) is 22.7. The predicted molar refractivity (Wildman–Crippen MR) is 127 cm³/mol. The fourth-order valence-electron chi connectivity index (χ4n) is 4.35. The summed E-state index contributed by atoms with van der Waals surface area (Å²) in [6, 6.07) is 14.5. The second-order valence-electron chi connectivity index (χ2n) is 8.80. The van der Waals surface area contributed by atoms with Crippen LogP contribution >= 0.6 is 0 Å². The molecule has 1 atom stereocenters. The molecule has 1 aliphatic heterocycles. The Balaban J connectivity index is 1.73. The molecule has 1 N–H and O–H groups in total. The standard InChI is InChI=1S/C26H32N2O4/c1-26(2)15-20(10-11-32-26)27-16-19-12-17-6-8-21(29-3)14-22(17)28-25(19)18-7-9-23(30-4)24(13-18)31-5/h6-9,12-14,20,27H,10-11,15-16H2,1-5H3/t20-/m1/s1. The zero-order valence-corrected chi connectivity index (χ0v) is 19.5. The highest BCUT2D eigenvalue weighted by Crippen LogP contribution is 2.35. The molecule has 2 heterocycles. The van der Waals surface area contributed by atoms with E-state index in [9.17, 15) is 0 Å². The van der Waals surface area contributed by atoms with Gasteiger partial charge < -0.3 is 24.3 Å². The second kappa shape index (κ2) is 9.35. The molecule has 0 amide bonds. The molecular weight excluding hydrogens is 404 g/mol. The maximum Gasteiger partial charge on any atom is 0.161 e. The van der Waals surface area contributed by atoms with E-state index in [1.807, 2.05) is 30.3 Å². The van der Waals surface area contributed by atoms with Crippen LogP contribution in [0.25, 0.3) is 22.2 Å². The lowest BCUT2D eigenvalue weighted by atomic mass is 9.93. The minimum atomic E-state index is -0.0969. The maximum atomic E-state index is 5.88. The largest absolute Gasteiger partial charge is 0.497 e. The van der Waals surface area contributed by atoms with Gasteiger partial charge in [0.15, 0.2) is 11.5 Å². The topological polar surface area (TPSA) is 61.8 Å². The first-order chi connectivity index (χ1) is 15.4. The highest BCUT2D eigenvalue weighted by atomic mass is 16.5. The summed E-state index contributed by atoms with van der Waals surface area (Å²) in [4.78, 5) is 5.04. The third-order valence-electron chi connectivity index (χ3n) is 6.04. The lowest BCUT2D eigenvalue weighted by molar-refractivity contribution is -0.0630. The fraction of sp³-hybridized carbons (Fsp3) is 0.423. The van der Waals surface area contributed by atoms with Crippen molar-refractivity contribution in [2.45, 2.75) is 44.9 Å². The van der Waals surface area contributed by atoms with Crippen LogP contribution in [0, 0.1) is 0 Å². The molecule has 32 heavy (non-hydrogen) atoms. The van der Waals surface area contributed by atoms with Crippen molar-refractivity contribution in [3.8, 4) is 28.5 Å². The van der Waals surface area contributed by atoms with Crippen molar-refractivity contribution >= 4 is 10.9 Å². The minimum absolute atomic E-state index is 0.0969. The van der Waals surface area contributed by atoms with Crippen molar-refractivity contribution in [1.82, 2.24) is 10.3 Å². The number of fused-ring (bicyclic) bond motifs is 1. The lowest BCUT2D eigenvalue weighted by Gasteiger charge is -2.36. The van der Waals surface area contributed by atoms with Crippen LogP contribution in [0.2, 0.25) is 0 Å². The number of aromatic nitrogens is 1. The molecule has 1 saturated heterocycles. The fourth-order valence-corrected chi connectivity index (χ4v) is 4.35. The predicted octanol–water partition coefficient (Wildman–Crippen LogP) is 4.97. The Morgan fingerprint density at radius 3 is 2.53 bits per heavy atom. The highest BCUT2D eigenvalue weighted by Gasteiger charge is 2.28. The number of benzene rings is 2. The summed E-state index contributed by atoms with van der Waals surface area (Å²) in [5.74, 6) is 2.17. The van der Waals surface area contributed by atoms with Gasteiger partial charge in [-0.1, -0.05) is 0 Å². The number of hydrogen-bond acceptors (Lipinski definition) is 6. The maximum absolute atomic E-state index is 5.88. The van der Waals surface area contributed by atoms with Crippen LogP contribution in [0.5, 0.6) is 17.2 Å². The van der Waals surface area contributed by atoms with Gasteiger partial charge in [-0.25, -0.2) is 4.98 Å². The van der Waals surface area contributed by atoms with Gasteiger partial charge >= 0.3 is 0 Å². The summed E-state index contributed by atoms with van der Waals surface area (Å²) in [6.45, 7) is 5.81. The average molecular weight is 437 g/mol. The van der Waals surface area contributed by atoms with Crippen molar-refractivity contribution in [3.05, 3.63) is 48.0 Å². The van der Waals surface area contributed by atoms with E-state index < -0.39 is 0 Å². The Bertz CT molecular complexity index is 1100. The molecule has 4 rings (SSSR count). The van der Waals surface area contributed by atoms with Crippen molar-refractivity contribution in [2.24, 2.45) is 0 Å². The average Bonchev–Trinajstić information content (AvgIpc) is 2.80. The van der Waals surface area contributed by atoms with Crippen molar-refractivity contribution in [1.29, 1.82) is 0 Å². The second-order valence-corrected chi connectivity index (χ2v) is 8.80. The van der Waals surface area contributed by atoms with Gasteiger partial charge in [-0.2, -0.15) is 0 Å². The van der Waals surface area contributed by atoms with E-state index in [1.54, 1.807) is 21.3 Å². The molecule has 0 aliphatic carbocycles. The van der Waals surface area contributed by atoms with E-state index in [4.69, 9.17) is 23.9 Å². The SMILES string of the molecule is COc1ccc2cc(CN[C@@H]3CCOC(C)(C)C3)c(-c3ccc(OC)c(OC)c3)nc2c1. The molecule has 0 spiro atoms.